The minimum Gasteiger partial charge on any atom is -0.454 e. The summed E-state index contributed by atoms with van der Waals surface area (Å²) in [5, 5.41) is 4.60. The third kappa shape index (κ3) is 5.51. The first-order chi connectivity index (χ1) is 28.3. The third-order valence-electron chi connectivity index (χ3n) is 11.2. The van der Waals surface area contributed by atoms with Gasteiger partial charge in [-0.15, -0.1) is 0 Å². The van der Waals surface area contributed by atoms with Crippen molar-refractivity contribution in [3.05, 3.63) is 218 Å². The zero-order valence-corrected chi connectivity index (χ0v) is 31.1. The summed E-state index contributed by atoms with van der Waals surface area (Å²) < 4.78 is 9.23. The number of hydrogen-bond acceptors (Lipinski definition) is 2. The van der Waals surface area contributed by atoms with Crippen molar-refractivity contribution in [2.24, 2.45) is 0 Å². The van der Waals surface area contributed by atoms with Gasteiger partial charge in [-0.1, -0.05) is 170 Å². The number of anilines is 3. The van der Waals surface area contributed by atoms with E-state index in [1.165, 1.54) is 27.5 Å². The average molecular weight is 729 g/mol. The van der Waals surface area contributed by atoms with E-state index in [2.05, 4.69) is 222 Å². The maximum atomic E-state index is 6.79. The Morgan fingerprint density at radius 2 is 0.965 bits per heavy atom. The van der Waals surface area contributed by atoms with Crippen LogP contribution in [0.15, 0.2) is 223 Å². The van der Waals surface area contributed by atoms with Crippen LogP contribution < -0.4 is 4.90 Å². The molecule has 0 spiro atoms. The average Bonchev–Trinajstić information content (AvgIpc) is 3.83. The Bertz CT molecular complexity index is 3230. The van der Waals surface area contributed by atoms with Crippen molar-refractivity contribution in [1.29, 1.82) is 0 Å². The van der Waals surface area contributed by atoms with Crippen molar-refractivity contribution in [2.75, 3.05) is 4.90 Å². The van der Waals surface area contributed by atoms with Gasteiger partial charge in [0.15, 0.2) is 5.58 Å². The molecule has 0 aliphatic rings. The second-order valence-corrected chi connectivity index (χ2v) is 14.5. The molecule has 0 N–H and O–H groups in total. The molecule has 3 nitrogen and oxygen atoms in total. The molecular weight excluding hydrogens is 693 g/mol. The van der Waals surface area contributed by atoms with Crippen LogP contribution in [0.1, 0.15) is 0 Å². The van der Waals surface area contributed by atoms with Crippen LogP contribution in [-0.2, 0) is 0 Å². The van der Waals surface area contributed by atoms with Gasteiger partial charge in [-0.2, -0.15) is 0 Å². The van der Waals surface area contributed by atoms with E-state index in [0.717, 1.165) is 72.4 Å². The van der Waals surface area contributed by atoms with Crippen molar-refractivity contribution in [3.8, 4) is 39.1 Å². The van der Waals surface area contributed by atoms with Crippen molar-refractivity contribution in [1.82, 2.24) is 4.57 Å². The summed E-state index contributed by atoms with van der Waals surface area (Å²) in [7, 11) is 0. The summed E-state index contributed by atoms with van der Waals surface area (Å²) in [6.07, 6.45) is 0. The van der Waals surface area contributed by atoms with Gasteiger partial charge in [0.05, 0.1) is 28.1 Å². The predicted octanol–water partition coefficient (Wildman–Crippen LogP) is 15.2. The highest BCUT2D eigenvalue weighted by Crippen LogP contribution is 2.48. The van der Waals surface area contributed by atoms with E-state index >= 15 is 0 Å². The standard InChI is InChI=1S/C54H36N2O/c1-4-17-37(18-5-1)40-31-34-50(47(35-40)39-21-8-3-9-22-39)55(51-29-16-26-46-45-25-12-15-30-53(45)57-54(46)51)41-32-33-44-43-24-11-14-28-49(43)56(52(44)36-41)48-27-13-10-23-42(48)38-19-6-2-7-20-38/h1-36H. The van der Waals surface area contributed by atoms with Crippen molar-refractivity contribution in [2.45, 2.75) is 0 Å². The molecule has 0 aliphatic carbocycles. The van der Waals surface area contributed by atoms with Crippen molar-refractivity contribution < 1.29 is 4.42 Å². The second-order valence-electron chi connectivity index (χ2n) is 14.5. The summed E-state index contributed by atoms with van der Waals surface area (Å²) in [6.45, 7) is 0. The van der Waals surface area contributed by atoms with E-state index in [0.29, 0.717) is 0 Å². The number of para-hydroxylation sites is 4. The molecule has 0 atom stereocenters. The van der Waals surface area contributed by atoms with E-state index in [4.69, 9.17) is 4.42 Å². The molecule has 11 aromatic rings. The van der Waals surface area contributed by atoms with Gasteiger partial charge in [0.2, 0.25) is 0 Å². The smallest absolute Gasteiger partial charge is 0.159 e. The first-order valence-corrected chi connectivity index (χ1v) is 19.4. The molecule has 11 rings (SSSR count). The van der Waals surface area contributed by atoms with Gasteiger partial charge in [0.25, 0.3) is 0 Å². The molecule has 0 radical (unpaired) electrons. The molecule has 268 valence electrons. The SMILES string of the molecule is c1ccc(-c2ccc(N(c3ccc4c5ccccc5n(-c5ccccc5-c5ccccc5)c4c3)c3cccc4c3oc3ccccc34)c(-c3ccccc3)c2)cc1. The van der Waals surface area contributed by atoms with Gasteiger partial charge < -0.3 is 13.9 Å². The van der Waals surface area contributed by atoms with Crippen LogP contribution in [0.5, 0.6) is 0 Å². The maximum absolute atomic E-state index is 6.79. The molecule has 0 bridgehead atoms. The highest BCUT2D eigenvalue weighted by atomic mass is 16.3. The van der Waals surface area contributed by atoms with Crippen molar-refractivity contribution in [3.63, 3.8) is 0 Å². The molecule has 2 aromatic heterocycles. The molecule has 3 heteroatoms. The first kappa shape index (κ1) is 32.8. The number of hydrogen-bond donors (Lipinski definition) is 0. The molecule has 0 unspecified atom stereocenters. The normalized spacial score (nSPS) is 11.5. The van der Waals surface area contributed by atoms with E-state index < -0.39 is 0 Å². The second kappa shape index (κ2) is 13.6. The number of furan rings is 1. The molecule has 0 amide bonds. The first-order valence-electron chi connectivity index (χ1n) is 19.4. The molecular formula is C54H36N2O. The minimum atomic E-state index is 0.847. The number of nitrogens with zero attached hydrogens (tertiary/aromatic N) is 2. The van der Waals surface area contributed by atoms with Gasteiger partial charge in [-0.3, -0.25) is 0 Å². The zero-order chi connectivity index (χ0) is 37.7. The zero-order valence-electron chi connectivity index (χ0n) is 31.1. The lowest BCUT2D eigenvalue weighted by Crippen LogP contribution is -2.12. The Balaban J connectivity index is 1.22. The largest absolute Gasteiger partial charge is 0.454 e. The maximum Gasteiger partial charge on any atom is 0.159 e. The fourth-order valence-corrected chi connectivity index (χ4v) is 8.59. The quantitative estimate of drug-likeness (QED) is 0.163. The highest BCUT2D eigenvalue weighted by Gasteiger charge is 2.24. The number of rotatable bonds is 7. The number of aromatic nitrogens is 1. The Labute approximate surface area is 330 Å². The molecule has 0 fully saturated rings. The summed E-state index contributed by atoms with van der Waals surface area (Å²) in [5.41, 5.74) is 15.2. The summed E-state index contributed by atoms with van der Waals surface area (Å²) >= 11 is 0. The monoisotopic (exact) mass is 728 g/mol. The van der Waals surface area contributed by atoms with E-state index in [1.807, 2.05) is 6.07 Å². The van der Waals surface area contributed by atoms with Crippen LogP contribution in [0.25, 0.3) is 82.8 Å². The molecule has 9 aromatic carbocycles. The Morgan fingerprint density at radius 1 is 0.351 bits per heavy atom. The molecule has 0 aliphatic heterocycles. The molecule has 57 heavy (non-hydrogen) atoms. The summed E-state index contributed by atoms with van der Waals surface area (Å²) in [4.78, 5) is 2.40. The van der Waals surface area contributed by atoms with Crippen LogP contribution in [-0.4, -0.2) is 4.57 Å². The third-order valence-corrected chi connectivity index (χ3v) is 11.2. The number of benzene rings is 9. The van der Waals surface area contributed by atoms with Gasteiger partial charge >= 0.3 is 0 Å². The van der Waals surface area contributed by atoms with Crippen LogP contribution in [0.4, 0.5) is 17.1 Å². The Hall–Kier alpha value is -7.62. The molecule has 0 saturated carbocycles. The van der Waals surface area contributed by atoms with Crippen LogP contribution in [0.3, 0.4) is 0 Å². The van der Waals surface area contributed by atoms with Crippen LogP contribution in [0.2, 0.25) is 0 Å². The predicted molar refractivity (Wildman–Crippen MR) is 239 cm³/mol. The Morgan fingerprint density at radius 3 is 1.75 bits per heavy atom. The molecule has 2 heterocycles. The van der Waals surface area contributed by atoms with Crippen molar-refractivity contribution >= 4 is 60.8 Å². The fraction of sp³-hybridized carbons (Fsp3) is 0. The molecule has 0 saturated heterocycles. The summed E-state index contributed by atoms with van der Waals surface area (Å²) in [5.74, 6) is 0. The van der Waals surface area contributed by atoms with Gasteiger partial charge in [-0.25, -0.2) is 0 Å². The van der Waals surface area contributed by atoms with Crippen LogP contribution >= 0.6 is 0 Å². The van der Waals surface area contributed by atoms with E-state index in [9.17, 15) is 0 Å². The van der Waals surface area contributed by atoms with Gasteiger partial charge in [0, 0.05) is 38.4 Å². The lowest BCUT2D eigenvalue weighted by Gasteiger charge is -2.28. The lowest BCUT2D eigenvalue weighted by molar-refractivity contribution is 0.669. The van der Waals surface area contributed by atoms with Crippen LogP contribution in [0, 0.1) is 0 Å². The summed E-state index contributed by atoms with van der Waals surface area (Å²) in [6, 6.07) is 78.1. The van der Waals surface area contributed by atoms with E-state index in [1.54, 1.807) is 0 Å². The Kier molecular flexibility index (Phi) is 7.82. The topological polar surface area (TPSA) is 21.3 Å². The lowest BCUT2D eigenvalue weighted by atomic mass is 9.96. The minimum absolute atomic E-state index is 0.847. The van der Waals surface area contributed by atoms with Gasteiger partial charge in [-0.05, 0) is 70.8 Å². The van der Waals surface area contributed by atoms with Gasteiger partial charge in [0.1, 0.15) is 5.58 Å². The number of fused-ring (bicyclic) bond motifs is 6. The highest BCUT2D eigenvalue weighted by molar-refractivity contribution is 6.13. The van der Waals surface area contributed by atoms with E-state index in [-0.39, 0.29) is 0 Å². The fourth-order valence-electron chi connectivity index (χ4n) is 8.59.